The molecular formula is C26H31FN2O4S. The molecule has 2 aliphatic heterocycles. The number of halogens is 1. The number of fused-ring (bicyclic) bond motifs is 1. The van der Waals surface area contributed by atoms with Gasteiger partial charge in [-0.15, -0.1) is 0 Å². The fourth-order valence-corrected chi connectivity index (χ4v) is 5.62. The van der Waals surface area contributed by atoms with Crippen LogP contribution in [-0.4, -0.2) is 47.7 Å². The van der Waals surface area contributed by atoms with Gasteiger partial charge in [0.2, 0.25) is 0 Å². The lowest BCUT2D eigenvalue weighted by Gasteiger charge is -2.38. The summed E-state index contributed by atoms with van der Waals surface area (Å²) in [5.74, 6) is 0.943. The van der Waals surface area contributed by atoms with E-state index < -0.39 is 0 Å². The van der Waals surface area contributed by atoms with E-state index >= 15 is 0 Å². The number of amides is 1. The first-order chi connectivity index (χ1) is 16.2. The van der Waals surface area contributed by atoms with Crippen LogP contribution < -0.4 is 14.4 Å². The number of thioether (sulfide) groups is 1. The Balaban J connectivity index is 1.42. The highest BCUT2D eigenvalue weighted by Gasteiger charge is 2.35. The minimum absolute atomic E-state index is 0.0155. The summed E-state index contributed by atoms with van der Waals surface area (Å²) in [6, 6.07) is 6.47. The first-order valence-corrected chi connectivity index (χ1v) is 12.5. The second-order valence-corrected chi connectivity index (χ2v) is 10.2. The van der Waals surface area contributed by atoms with Crippen LogP contribution in [0.1, 0.15) is 36.1 Å². The van der Waals surface area contributed by atoms with Gasteiger partial charge in [0.15, 0.2) is 5.44 Å². The van der Waals surface area contributed by atoms with Crippen LogP contribution in [0.15, 0.2) is 24.3 Å². The molecule has 2 unspecified atom stereocenters. The zero-order valence-electron chi connectivity index (χ0n) is 20.3. The number of anilines is 1. The van der Waals surface area contributed by atoms with Crippen molar-refractivity contribution in [1.82, 2.24) is 4.90 Å². The number of benzene rings is 2. The molecule has 34 heavy (non-hydrogen) atoms. The highest BCUT2D eigenvalue weighted by Crippen LogP contribution is 2.45. The van der Waals surface area contributed by atoms with Crippen LogP contribution in [0.25, 0.3) is 0 Å². The molecule has 1 fully saturated rings. The molecule has 0 aromatic heterocycles. The average molecular weight is 487 g/mol. The van der Waals surface area contributed by atoms with E-state index in [9.17, 15) is 14.0 Å². The Morgan fingerprint density at radius 1 is 1.03 bits per heavy atom. The van der Waals surface area contributed by atoms with Gasteiger partial charge < -0.3 is 19.3 Å². The van der Waals surface area contributed by atoms with Crippen molar-refractivity contribution < 1.29 is 23.5 Å². The van der Waals surface area contributed by atoms with E-state index in [4.69, 9.17) is 9.47 Å². The largest absolute Gasteiger partial charge is 0.478 e. The fraction of sp³-hybridized carbons (Fsp3) is 0.462. The molecule has 2 atom stereocenters. The molecule has 0 saturated carbocycles. The summed E-state index contributed by atoms with van der Waals surface area (Å²) in [7, 11) is 0. The van der Waals surface area contributed by atoms with Gasteiger partial charge in [0.1, 0.15) is 17.3 Å². The molecule has 1 saturated heterocycles. The summed E-state index contributed by atoms with van der Waals surface area (Å²) in [4.78, 5) is 28.7. The van der Waals surface area contributed by atoms with Crippen molar-refractivity contribution in [3.63, 3.8) is 0 Å². The molecule has 2 heterocycles. The number of carbonyl (C=O) groups excluding carboxylic acids is 2. The minimum atomic E-state index is -0.339. The molecule has 0 radical (unpaired) electrons. The third-order valence-electron chi connectivity index (χ3n) is 6.73. The molecule has 0 bridgehead atoms. The third kappa shape index (κ3) is 4.87. The second kappa shape index (κ2) is 9.86. The van der Waals surface area contributed by atoms with Gasteiger partial charge in [0.25, 0.3) is 5.24 Å². The SMILES string of the molecule is CC(=O)Oc1c(C)c(C)c2c(c1C)CC(C)C(SC(=O)N1CCN(c3ccc(F)cc3)CC1)O2. The van der Waals surface area contributed by atoms with E-state index in [0.29, 0.717) is 31.9 Å². The van der Waals surface area contributed by atoms with E-state index in [-0.39, 0.29) is 28.4 Å². The van der Waals surface area contributed by atoms with Gasteiger partial charge in [-0.25, -0.2) is 4.39 Å². The fourth-order valence-electron chi connectivity index (χ4n) is 4.62. The zero-order valence-corrected chi connectivity index (χ0v) is 21.1. The zero-order chi connectivity index (χ0) is 24.6. The first kappa shape index (κ1) is 24.4. The quantitative estimate of drug-likeness (QED) is 0.436. The highest BCUT2D eigenvalue weighted by molar-refractivity contribution is 8.13. The number of esters is 1. The number of rotatable bonds is 3. The van der Waals surface area contributed by atoms with Gasteiger partial charge in [-0.05, 0) is 79.9 Å². The average Bonchev–Trinajstić information content (AvgIpc) is 2.82. The maximum atomic E-state index is 13.2. The smallest absolute Gasteiger partial charge is 0.308 e. The Morgan fingerprint density at radius 3 is 2.29 bits per heavy atom. The van der Waals surface area contributed by atoms with Gasteiger partial charge in [-0.2, -0.15) is 0 Å². The van der Waals surface area contributed by atoms with Crippen LogP contribution in [0.2, 0.25) is 0 Å². The number of hydrogen-bond acceptors (Lipinski definition) is 6. The maximum Gasteiger partial charge on any atom is 0.308 e. The summed E-state index contributed by atoms with van der Waals surface area (Å²) in [5, 5.41) is 0.0155. The molecule has 2 aliphatic rings. The van der Waals surface area contributed by atoms with Crippen LogP contribution in [0, 0.1) is 32.5 Å². The monoisotopic (exact) mass is 486 g/mol. The second-order valence-electron chi connectivity index (χ2n) is 9.11. The third-order valence-corrected chi connectivity index (χ3v) is 7.98. The molecular weight excluding hydrogens is 455 g/mol. The number of ether oxygens (including phenoxy) is 2. The van der Waals surface area contributed by atoms with E-state index in [1.54, 1.807) is 12.1 Å². The topological polar surface area (TPSA) is 59.1 Å². The number of piperazine rings is 1. The summed E-state index contributed by atoms with van der Waals surface area (Å²) in [6.45, 7) is 12.0. The van der Waals surface area contributed by atoms with Crippen molar-refractivity contribution in [1.29, 1.82) is 0 Å². The lowest BCUT2D eigenvalue weighted by atomic mass is 9.89. The molecule has 2 aromatic carbocycles. The molecule has 0 aliphatic carbocycles. The Hall–Kier alpha value is -2.74. The molecule has 1 amide bonds. The van der Waals surface area contributed by atoms with Crippen molar-refractivity contribution in [2.45, 2.75) is 46.5 Å². The summed E-state index contributed by atoms with van der Waals surface area (Å²) in [5.41, 5.74) is 4.47. The number of hydrogen-bond donors (Lipinski definition) is 0. The Morgan fingerprint density at radius 2 is 1.68 bits per heavy atom. The van der Waals surface area contributed by atoms with E-state index in [1.807, 2.05) is 25.7 Å². The van der Waals surface area contributed by atoms with E-state index in [2.05, 4.69) is 11.8 Å². The van der Waals surface area contributed by atoms with Crippen molar-refractivity contribution in [2.75, 3.05) is 31.1 Å². The summed E-state index contributed by atoms with van der Waals surface area (Å²) < 4.78 is 25.1. The number of carbonyl (C=O) groups is 2. The van der Waals surface area contributed by atoms with Gasteiger partial charge in [0.05, 0.1) is 0 Å². The lowest BCUT2D eigenvalue weighted by Crippen LogP contribution is -2.48. The standard InChI is InChI=1S/C26H31FN2O4S/c1-15-14-22-18(4)23(32-19(5)30)16(2)17(3)24(22)33-25(15)34-26(31)29-12-10-28(11-13-29)21-8-6-20(27)7-9-21/h6-9,15,25H,10-14H2,1-5H3. The Kier molecular flexibility index (Phi) is 7.07. The number of nitrogens with zero attached hydrogens (tertiary/aromatic N) is 2. The Labute approximate surface area is 204 Å². The van der Waals surface area contributed by atoms with Crippen LogP contribution in [0.4, 0.5) is 14.9 Å². The van der Waals surface area contributed by atoms with Gasteiger partial charge >= 0.3 is 5.97 Å². The van der Waals surface area contributed by atoms with Crippen molar-refractivity contribution in [2.24, 2.45) is 5.92 Å². The van der Waals surface area contributed by atoms with Crippen LogP contribution in [-0.2, 0) is 11.2 Å². The van der Waals surface area contributed by atoms with E-state index in [1.165, 1.54) is 30.8 Å². The van der Waals surface area contributed by atoms with Gasteiger partial charge in [0, 0.05) is 50.3 Å². The minimum Gasteiger partial charge on any atom is -0.478 e. The molecule has 0 spiro atoms. The van der Waals surface area contributed by atoms with Gasteiger partial charge in [-0.3, -0.25) is 9.59 Å². The predicted octanol–water partition coefficient (Wildman–Crippen LogP) is 5.25. The van der Waals surface area contributed by atoms with Gasteiger partial charge in [-0.1, -0.05) is 6.92 Å². The lowest BCUT2D eigenvalue weighted by molar-refractivity contribution is -0.132. The van der Waals surface area contributed by atoms with Crippen molar-refractivity contribution >= 4 is 28.7 Å². The van der Waals surface area contributed by atoms with Crippen LogP contribution in [0.3, 0.4) is 0 Å². The molecule has 8 heteroatoms. The summed E-state index contributed by atoms with van der Waals surface area (Å²) in [6.07, 6.45) is 0.750. The summed E-state index contributed by atoms with van der Waals surface area (Å²) >= 11 is 1.24. The predicted molar refractivity (Wildman–Crippen MR) is 132 cm³/mol. The van der Waals surface area contributed by atoms with Crippen LogP contribution in [0.5, 0.6) is 11.5 Å². The van der Waals surface area contributed by atoms with Crippen molar-refractivity contribution in [3.05, 3.63) is 52.3 Å². The molecule has 4 rings (SSSR count). The highest BCUT2D eigenvalue weighted by atomic mass is 32.2. The first-order valence-electron chi connectivity index (χ1n) is 11.6. The molecule has 6 nitrogen and oxygen atoms in total. The van der Waals surface area contributed by atoms with Crippen molar-refractivity contribution in [3.8, 4) is 11.5 Å². The Bertz CT molecular complexity index is 1100. The maximum absolute atomic E-state index is 13.2. The van der Waals surface area contributed by atoms with Crippen LogP contribution >= 0.6 is 11.8 Å². The normalized spacial score (nSPS) is 19.9. The molecule has 182 valence electrons. The van der Waals surface area contributed by atoms with E-state index in [0.717, 1.165) is 40.1 Å². The molecule has 0 N–H and O–H groups in total. The molecule has 2 aromatic rings.